The third kappa shape index (κ3) is 10.2. The minimum atomic E-state index is -3.59. The molecule has 0 bridgehead atoms. The van der Waals surface area contributed by atoms with E-state index in [1.165, 1.54) is 13.3 Å². The summed E-state index contributed by atoms with van der Waals surface area (Å²) in [5, 5.41) is 0.613. The SMILES string of the molecule is CCOS(=O)(=O)/C(C)=C/c1ccc(Cl)cc1.[CH2-]CCC.[Li+]. The largest absolute Gasteiger partial charge is 1.00 e. The first-order valence-electron chi connectivity index (χ1n) is 6.49. The molecule has 1 aromatic carbocycles. The molecule has 3 nitrogen and oxygen atoms in total. The Bertz CT molecular complexity index is 508. The summed E-state index contributed by atoms with van der Waals surface area (Å²) in [7, 11) is -3.59. The summed E-state index contributed by atoms with van der Waals surface area (Å²) in [5.41, 5.74) is 0.769. The zero-order chi connectivity index (χ0) is 15.6. The molecule has 0 aromatic heterocycles. The average Bonchev–Trinajstić information content (AvgIpc) is 2.41. The quantitative estimate of drug-likeness (QED) is 0.470. The third-order valence-corrected chi connectivity index (χ3v) is 3.97. The second-order valence-electron chi connectivity index (χ2n) is 4.02. The van der Waals surface area contributed by atoms with Crippen molar-refractivity contribution in [1.29, 1.82) is 0 Å². The second-order valence-corrected chi connectivity index (χ2v) is 6.25. The van der Waals surface area contributed by atoms with Gasteiger partial charge in [0.2, 0.25) is 0 Å². The Morgan fingerprint density at radius 3 is 2.14 bits per heavy atom. The van der Waals surface area contributed by atoms with Gasteiger partial charge < -0.3 is 6.92 Å². The van der Waals surface area contributed by atoms with E-state index in [0.29, 0.717) is 5.02 Å². The Morgan fingerprint density at radius 1 is 1.29 bits per heavy atom. The molecule has 0 fully saturated rings. The second kappa shape index (κ2) is 12.3. The fraction of sp³-hybridized carbons (Fsp3) is 0.400. The monoisotopic (exact) mass is 324 g/mol. The molecule has 0 atom stereocenters. The topological polar surface area (TPSA) is 43.4 Å². The molecule has 0 heterocycles. The van der Waals surface area contributed by atoms with Gasteiger partial charge in [0.05, 0.1) is 11.5 Å². The van der Waals surface area contributed by atoms with Gasteiger partial charge in [0, 0.05) is 5.02 Å². The van der Waals surface area contributed by atoms with Gasteiger partial charge in [0.25, 0.3) is 10.1 Å². The zero-order valence-corrected chi connectivity index (χ0v) is 14.8. The van der Waals surface area contributed by atoms with E-state index in [9.17, 15) is 8.42 Å². The number of hydrogen-bond donors (Lipinski definition) is 0. The standard InChI is InChI=1S/C11H13ClO3S.C4H9.Li/c1-3-15-16(13,14)9(2)8-10-4-6-11(12)7-5-10;1-3-4-2;/h4-8H,3H2,1-2H3;1,3-4H2,2H3;/q;-1;+1/b9-8+;;. The molecule has 21 heavy (non-hydrogen) atoms. The molecule has 0 aliphatic heterocycles. The first kappa shape index (κ1) is 23.0. The van der Waals surface area contributed by atoms with Crippen LogP contribution in [0.5, 0.6) is 0 Å². The Morgan fingerprint density at radius 2 is 1.76 bits per heavy atom. The van der Waals surface area contributed by atoms with E-state index in [4.69, 9.17) is 11.6 Å². The van der Waals surface area contributed by atoms with Crippen LogP contribution in [0.15, 0.2) is 29.2 Å². The molecule has 1 rings (SSSR count). The minimum absolute atomic E-state index is 0. The van der Waals surface area contributed by atoms with E-state index in [0.717, 1.165) is 12.0 Å². The predicted molar refractivity (Wildman–Crippen MR) is 85.9 cm³/mol. The number of unbranched alkanes of at least 4 members (excludes halogenated alkanes) is 1. The molecular formula is C15H22ClLiO3S. The fourth-order valence-corrected chi connectivity index (χ4v) is 2.02. The van der Waals surface area contributed by atoms with Gasteiger partial charge in [0.1, 0.15) is 0 Å². The van der Waals surface area contributed by atoms with E-state index in [2.05, 4.69) is 18.0 Å². The van der Waals surface area contributed by atoms with Crippen LogP contribution in [0.1, 0.15) is 39.2 Å². The van der Waals surface area contributed by atoms with Crippen molar-refractivity contribution >= 4 is 27.8 Å². The Kier molecular flexibility index (Phi) is 13.5. The normalized spacial score (nSPS) is 11.2. The van der Waals surface area contributed by atoms with E-state index in [1.54, 1.807) is 37.3 Å². The van der Waals surface area contributed by atoms with Gasteiger partial charge in [-0.3, -0.25) is 4.18 Å². The van der Waals surface area contributed by atoms with Gasteiger partial charge in [-0.25, -0.2) is 0 Å². The van der Waals surface area contributed by atoms with Crippen LogP contribution in [0.3, 0.4) is 0 Å². The first-order valence-corrected chi connectivity index (χ1v) is 8.28. The smallest absolute Gasteiger partial charge is 0.343 e. The van der Waals surface area contributed by atoms with Crippen molar-refractivity contribution in [3.05, 3.63) is 46.7 Å². The summed E-state index contributed by atoms with van der Waals surface area (Å²) in [6.07, 6.45) is 3.82. The van der Waals surface area contributed by atoms with Crippen LogP contribution in [0, 0.1) is 6.92 Å². The van der Waals surface area contributed by atoms with Crippen LogP contribution in [0.2, 0.25) is 5.02 Å². The van der Waals surface area contributed by atoms with Gasteiger partial charge in [-0.1, -0.05) is 37.1 Å². The summed E-state index contributed by atoms with van der Waals surface area (Å²) in [4.78, 5) is 0.177. The van der Waals surface area contributed by atoms with E-state index < -0.39 is 10.1 Å². The summed E-state index contributed by atoms with van der Waals surface area (Å²) in [6, 6.07) is 6.89. The molecule has 0 radical (unpaired) electrons. The van der Waals surface area contributed by atoms with Crippen molar-refractivity contribution in [2.75, 3.05) is 6.61 Å². The van der Waals surface area contributed by atoms with Crippen molar-refractivity contribution in [3.8, 4) is 0 Å². The molecule has 0 N–H and O–H groups in total. The van der Waals surface area contributed by atoms with Gasteiger partial charge >= 0.3 is 18.9 Å². The van der Waals surface area contributed by atoms with E-state index in [1.807, 2.05) is 0 Å². The predicted octanol–water partition coefficient (Wildman–Crippen LogP) is 1.69. The molecule has 0 spiro atoms. The third-order valence-electron chi connectivity index (χ3n) is 2.26. The summed E-state index contributed by atoms with van der Waals surface area (Å²) < 4.78 is 27.6. The molecule has 1 aromatic rings. The maximum absolute atomic E-state index is 11.5. The van der Waals surface area contributed by atoms with Crippen molar-refractivity contribution in [3.63, 3.8) is 0 Å². The van der Waals surface area contributed by atoms with Crippen LogP contribution in [0.25, 0.3) is 6.08 Å². The zero-order valence-electron chi connectivity index (χ0n) is 13.2. The number of hydrogen-bond acceptors (Lipinski definition) is 3. The maximum Gasteiger partial charge on any atom is 1.00 e. The molecule has 0 saturated carbocycles. The molecule has 0 saturated heterocycles. The van der Waals surface area contributed by atoms with E-state index in [-0.39, 0.29) is 30.4 Å². The number of halogens is 1. The number of rotatable bonds is 5. The van der Waals surface area contributed by atoms with Gasteiger partial charge in [-0.15, -0.1) is 0 Å². The van der Waals surface area contributed by atoms with Gasteiger partial charge in [-0.2, -0.15) is 14.8 Å². The molecule has 114 valence electrons. The van der Waals surface area contributed by atoms with Gasteiger partial charge in [0.15, 0.2) is 0 Å². The van der Waals surface area contributed by atoms with Crippen LogP contribution in [-0.2, 0) is 14.3 Å². The van der Waals surface area contributed by atoms with Crippen molar-refractivity contribution in [2.45, 2.75) is 33.6 Å². The van der Waals surface area contributed by atoms with E-state index >= 15 is 0 Å². The van der Waals surface area contributed by atoms with Crippen molar-refractivity contribution in [2.24, 2.45) is 0 Å². The number of benzene rings is 1. The van der Waals surface area contributed by atoms with Crippen LogP contribution in [0.4, 0.5) is 0 Å². The van der Waals surface area contributed by atoms with Gasteiger partial charge in [-0.05, 0) is 37.6 Å². The van der Waals surface area contributed by atoms with Crippen LogP contribution >= 0.6 is 11.6 Å². The average molecular weight is 325 g/mol. The van der Waals surface area contributed by atoms with Crippen molar-refractivity contribution < 1.29 is 31.5 Å². The fourth-order valence-electron chi connectivity index (χ4n) is 1.11. The first-order chi connectivity index (χ1) is 9.37. The molecule has 6 heteroatoms. The summed E-state index contributed by atoms with van der Waals surface area (Å²) >= 11 is 5.72. The molecule has 0 aliphatic carbocycles. The van der Waals surface area contributed by atoms with Crippen LogP contribution < -0.4 is 18.9 Å². The van der Waals surface area contributed by atoms with Crippen molar-refractivity contribution in [1.82, 2.24) is 0 Å². The molecule has 0 unspecified atom stereocenters. The summed E-state index contributed by atoms with van der Waals surface area (Å²) in [6.45, 7) is 8.99. The number of allylic oxidation sites excluding steroid dienone is 1. The van der Waals surface area contributed by atoms with Crippen LogP contribution in [-0.4, -0.2) is 15.0 Å². The molecular weight excluding hydrogens is 303 g/mol. The Balaban J connectivity index is 0. The Hall–Kier alpha value is -0.243. The maximum atomic E-state index is 11.5. The molecule has 0 amide bonds. The molecule has 0 aliphatic rings. The minimum Gasteiger partial charge on any atom is -0.343 e. The summed E-state index contributed by atoms with van der Waals surface area (Å²) in [5.74, 6) is 0. The Labute approximate surface area is 146 Å².